The Kier molecular flexibility index (Phi) is 11.7. The van der Waals surface area contributed by atoms with Crippen LogP contribution >= 0.6 is 0 Å². The number of nitrogens with two attached hydrogens (primary N) is 3. The molecular weight excluding hydrogens is 508 g/mol. The summed E-state index contributed by atoms with van der Waals surface area (Å²) in [7, 11) is 0. The number of fused-ring (bicyclic) bond motifs is 1. The molecule has 0 aliphatic carbocycles. The van der Waals surface area contributed by atoms with Crippen molar-refractivity contribution in [3.63, 3.8) is 0 Å². The Morgan fingerprint density at radius 1 is 1.00 bits per heavy atom. The third-order valence-corrected chi connectivity index (χ3v) is 6.08. The Balaban J connectivity index is 2.01. The van der Waals surface area contributed by atoms with E-state index in [1.54, 1.807) is 20.0 Å². The molecule has 39 heavy (non-hydrogen) atoms. The van der Waals surface area contributed by atoms with Gasteiger partial charge in [0.1, 0.15) is 18.1 Å². The number of nitrogens with one attached hydrogen (secondary N) is 4. The van der Waals surface area contributed by atoms with Crippen molar-refractivity contribution in [2.24, 2.45) is 28.1 Å². The number of hydrogen-bond acceptors (Lipinski definition) is 7. The summed E-state index contributed by atoms with van der Waals surface area (Å²) < 4.78 is 0. The molecule has 4 unspecified atom stereocenters. The van der Waals surface area contributed by atoms with Gasteiger partial charge in [0.05, 0.1) is 12.6 Å². The fourth-order valence-electron chi connectivity index (χ4n) is 3.89. The normalized spacial score (nSPS) is 14.2. The first-order chi connectivity index (χ1) is 18.4. The van der Waals surface area contributed by atoms with E-state index in [-0.39, 0.29) is 24.7 Å². The Hall–Kier alpha value is -4.17. The zero-order valence-corrected chi connectivity index (χ0v) is 22.0. The molecule has 12 N–H and O–H groups in total. The second kappa shape index (κ2) is 14.7. The predicted molar refractivity (Wildman–Crippen MR) is 145 cm³/mol. The first kappa shape index (κ1) is 31.1. The molecule has 0 aliphatic heterocycles. The van der Waals surface area contributed by atoms with Gasteiger partial charge in [0.2, 0.25) is 17.7 Å². The quantitative estimate of drug-likeness (QED) is 0.0698. The van der Waals surface area contributed by atoms with Crippen LogP contribution in [0.3, 0.4) is 0 Å². The maximum absolute atomic E-state index is 13.0. The van der Waals surface area contributed by atoms with E-state index in [1.165, 1.54) is 0 Å². The number of aliphatic imine (C=N–C) groups is 1. The van der Waals surface area contributed by atoms with Gasteiger partial charge in [0.15, 0.2) is 5.96 Å². The van der Waals surface area contributed by atoms with E-state index in [4.69, 9.17) is 17.2 Å². The lowest BCUT2D eigenvalue weighted by atomic mass is 10.0. The third-order valence-electron chi connectivity index (χ3n) is 6.08. The number of nitrogens with zero attached hydrogens (tertiary/aromatic N) is 1. The molecule has 14 nitrogen and oxygen atoms in total. The van der Waals surface area contributed by atoms with Crippen LogP contribution < -0.4 is 33.2 Å². The molecule has 0 radical (unpaired) electrons. The van der Waals surface area contributed by atoms with Crippen LogP contribution in [0.2, 0.25) is 0 Å². The number of aromatic amines is 1. The van der Waals surface area contributed by atoms with Crippen LogP contribution in [0.15, 0.2) is 35.5 Å². The number of para-hydroxylation sites is 1. The zero-order chi connectivity index (χ0) is 29.1. The highest BCUT2D eigenvalue weighted by atomic mass is 16.4. The highest BCUT2D eigenvalue weighted by molar-refractivity contribution is 5.94. The average Bonchev–Trinajstić information content (AvgIpc) is 3.29. The second-order valence-corrected chi connectivity index (χ2v) is 9.49. The number of carbonyl (C=O) groups excluding carboxylic acids is 3. The number of aliphatic hydroxyl groups is 1. The van der Waals surface area contributed by atoms with Crippen LogP contribution in [-0.2, 0) is 25.6 Å². The monoisotopic (exact) mass is 546 g/mol. The lowest BCUT2D eigenvalue weighted by molar-refractivity contribution is -0.142. The number of benzene rings is 1. The summed E-state index contributed by atoms with van der Waals surface area (Å²) in [6.07, 6.45) is 2.35. The van der Waals surface area contributed by atoms with Gasteiger partial charge < -0.3 is 48.3 Å². The Labute approximate surface area is 225 Å². The summed E-state index contributed by atoms with van der Waals surface area (Å²) in [5.74, 6) is -3.94. The summed E-state index contributed by atoms with van der Waals surface area (Å²) in [4.78, 5) is 57.1. The standard InChI is InChI=1S/C25H38N8O6/c1-13(2)20(33-21(35)16(26)7-5-9-29-25(27)28)23(37)32-19(12-34)22(36)31-18(24(38)39)10-14-11-30-17-8-4-3-6-15(14)17/h3-4,6,8,11,13,16,18-20,30,34H,5,7,9-10,12,26H2,1-2H3,(H,31,36)(H,32,37)(H,33,35)(H,38,39)(H4,27,28,29). The van der Waals surface area contributed by atoms with Crippen molar-refractivity contribution in [3.05, 3.63) is 36.0 Å². The maximum atomic E-state index is 13.0. The van der Waals surface area contributed by atoms with Crippen LogP contribution in [0.1, 0.15) is 32.3 Å². The largest absolute Gasteiger partial charge is 0.480 e. The fourth-order valence-corrected chi connectivity index (χ4v) is 3.89. The molecule has 0 saturated heterocycles. The summed E-state index contributed by atoms with van der Waals surface area (Å²) in [6, 6.07) is 2.56. The van der Waals surface area contributed by atoms with E-state index in [1.807, 2.05) is 24.3 Å². The predicted octanol–water partition coefficient (Wildman–Crippen LogP) is -1.72. The molecular formula is C25H38N8O6. The summed E-state index contributed by atoms with van der Waals surface area (Å²) in [6.45, 7) is 2.87. The van der Waals surface area contributed by atoms with Gasteiger partial charge in [-0.05, 0) is 30.4 Å². The van der Waals surface area contributed by atoms with Crippen molar-refractivity contribution < 1.29 is 29.4 Å². The molecule has 0 aliphatic rings. The maximum Gasteiger partial charge on any atom is 0.326 e. The minimum absolute atomic E-state index is 0.0249. The molecule has 2 rings (SSSR count). The Bertz CT molecular complexity index is 1180. The number of aliphatic hydroxyl groups excluding tert-OH is 1. The van der Waals surface area contributed by atoms with Crippen LogP contribution in [-0.4, -0.2) is 82.2 Å². The van der Waals surface area contributed by atoms with E-state index in [0.717, 1.165) is 10.9 Å². The summed E-state index contributed by atoms with van der Waals surface area (Å²) in [5.41, 5.74) is 17.9. The van der Waals surface area contributed by atoms with Crippen LogP contribution in [0.25, 0.3) is 10.9 Å². The molecule has 1 aromatic heterocycles. The van der Waals surface area contributed by atoms with Crippen LogP contribution in [0.5, 0.6) is 0 Å². The molecule has 4 atom stereocenters. The number of rotatable bonds is 15. The van der Waals surface area contributed by atoms with Gasteiger partial charge in [-0.3, -0.25) is 19.4 Å². The third kappa shape index (κ3) is 9.26. The van der Waals surface area contributed by atoms with Crippen molar-refractivity contribution in [1.29, 1.82) is 0 Å². The molecule has 1 aromatic carbocycles. The molecule has 214 valence electrons. The van der Waals surface area contributed by atoms with E-state index in [2.05, 4.69) is 25.9 Å². The molecule has 0 bridgehead atoms. The molecule has 0 spiro atoms. The lowest BCUT2D eigenvalue weighted by Crippen LogP contribution is -2.59. The van der Waals surface area contributed by atoms with Gasteiger partial charge in [-0.25, -0.2) is 4.79 Å². The van der Waals surface area contributed by atoms with Crippen molar-refractivity contribution in [2.75, 3.05) is 13.2 Å². The van der Waals surface area contributed by atoms with Crippen molar-refractivity contribution in [3.8, 4) is 0 Å². The Morgan fingerprint density at radius 3 is 2.28 bits per heavy atom. The molecule has 14 heteroatoms. The van der Waals surface area contributed by atoms with Gasteiger partial charge in [-0.1, -0.05) is 32.0 Å². The number of guanidine groups is 1. The van der Waals surface area contributed by atoms with E-state index in [9.17, 15) is 29.4 Å². The van der Waals surface area contributed by atoms with Crippen LogP contribution in [0, 0.1) is 5.92 Å². The number of carbonyl (C=O) groups is 4. The number of carboxylic acid groups (broad SMARTS) is 1. The molecule has 1 heterocycles. The first-order valence-electron chi connectivity index (χ1n) is 12.5. The first-order valence-corrected chi connectivity index (χ1v) is 12.5. The van der Waals surface area contributed by atoms with E-state index < -0.39 is 54.5 Å². The SMILES string of the molecule is CC(C)C(NC(=O)C(N)CCCN=C(N)N)C(=O)NC(CO)C(=O)NC(Cc1c[nH]c2ccccc12)C(=O)O. The fraction of sp³-hybridized carbons (Fsp3) is 0.480. The van der Waals surface area contributed by atoms with Crippen molar-refractivity contribution >= 4 is 40.6 Å². The number of H-pyrrole nitrogens is 1. The molecule has 0 fully saturated rings. The zero-order valence-electron chi connectivity index (χ0n) is 22.0. The smallest absolute Gasteiger partial charge is 0.326 e. The summed E-state index contributed by atoms with van der Waals surface area (Å²) >= 11 is 0. The second-order valence-electron chi connectivity index (χ2n) is 9.49. The number of hydrogen-bond donors (Lipinski definition) is 9. The van der Waals surface area contributed by atoms with E-state index >= 15 is 0 Å². The number of aromatic nitrogens is 1. The molecule has 3 amide bonds. The average molecular weight is 547 g/mol. The molecule has 0 saturated carbocycles. The minimum atomic E-state index is -1.45. The number of amides is 3. The van der Waals surface area contributed by atoms with Crippen molar-refractivity contribution in [1.82, 2.24) is 20.9 Å². The van der Waals surface area contributed by atoms with E-state index in [0.29, 0.717) is 18.5 Å². The topological polar surface area (TPSA) is 251 Å². The highest BCUT2D eigenvalue weighted by Crippen LogP contribution is 2.19. The highest BCUT2D eigenvalue weighted by Gasteiger charge is 2.31. The number of carboxylic acids is 1. The minimum Gasteiger partial charge on any atom is -0.480 e. The number of aliphatic carboxylic acids is 1. The van der Waals surface area contributed by atoms with Gasteiger partial charge in [-0.15, -0.1) is 0 Å². The van der Waals surface area contributed by atoms with Gasteiger partial charge in [-0.2, -0.15) is 0 Å². The van der Waals surface area contributed by atoms with Gasteiger partial charge in [0.25, 0.3) is 0 Å². The lowest BCUT2D eigenvalue weighted by Gasteiger charge is -2.26. The van der Waals surface area contributed by atoms with Crippen LogP contribution in [0.4, 0.5) is 0 Å². The molecule has 2 aromatic rings. The summed E-state index contributed by atoms with van der Waals surface area (Å²) in [5, 5.41) is 27.6. The van der Waals surface area contributed by atoms with Gasteiger partial charge >= 0.3 is 5.97 Å². The van der Waals surface area contributed by atoms with Crippen molar-refractivity contribution in [2.45, 2.75) is 57.3 Å². The Morgan fingerprint density at radius 2 is 1.67 bits per heavy atom. The van der Waals surface area contributed by atoms with Gasteiger partial charge in [0, 0.05) is 30.1 Å².